The number of hydrogen-bond donors (Lipinski definition) is 3. The van der Waals surface area contributed by atoms with E-state index in [1.54, 1.807) is 6.20 Å². The number of H-pyrrole nitrogens is 1. The summed E-state index contributed by atoms with van der Waals surface area (Å²) in [5.41, 5.74) is 8.07. The molecule has 0 saturated carbocycles. The zero-order valence-electron chi connectivity index (χ0n) is 11.6. The van der Waals surface area contributed by atoms with Crippen molar-refractivity contribution in [2.45, 2.75) is 18.9 Å². The summed E-state index contributed by atoms with van der Waals surface area (Å²) in [5, 5.41) is 4.00. The molecule has 2 heterocycles. The smallest absolute Gasteiger partial charge is 0.253 e. The molecule has 5 heteroatoms. The number of rotatable bonds is 2. The fourth-order valence-corrected chi connectivity index (χ4v) is 2.87. The molecule has 1 amide bonds. The first-order valence-electron chi connectivity index (χ1n) is 6.99. The molecule has 0 spiro atoms. The normalized spacial score (nSPS) is 20.1. The molecule has 1 aliphatic rings. The minimum atomic E-state index is -0.0258. The Kier molecular flexibility index (Phi) is 3.36. The monoisotopic (exact) mass is 272 g/mol. The highest BCUT2D eigenvalue weighted by Gasteiger charge is 2.21. The van der Waals surface area contributed by atoms with Crippen molar-refractivity contribution in [2.24, 2.45) is 0 Å². The summed E-state index contributed by atoms with van der Waals surface area (Å²) in [7, 11) is 2.09. The Morgan fingerprint density at radius 2 is 2.35 bits per heavy atom. The van der Waals surface area contributed by atoms with Gasteiger partial charge in [0.2, 0.25) is 0 Å². The maximum atomic E-state index is 12.4. The molecular formula is C15H20N4O. The second-order valence-electron chi connectivity index (χ2n) is 5.58. The second kappa shape index (κ2) is 5.17. The molecule has 3 rings (SSSR count). The highest BCUT2D eigenvalue weighted by Crippen LogP contribution is 2.21. The Morgan fingerprint density at radius 1 is 1.50 bits per heavy atom. The summed E-state index contributed by atoms with van der Waals surface area (Å²) in [6.07, 6.45) is 3.93. The van der Waals surface area contributed by atoms with E-state index in [9.17, 15) is 4.79 Å². The summed E-state index contributed by atoms with van der Waals surface area (Å²) in [4.78, 5) is 17.8. The highest BCUT2D eigenvalue weighted by atomic mass is 16.1. The maximum Gasteiger partial charge on any atom is 0.253 e. The van der Waals surface area contributed by atoms with E-state index in [1.807, 2.05) is 18.2 Å². The van der Waals surface area contributed by atoms with Crippen LogP contribution in [0, 0.1) is 0 Å². The third kappa shape index (κ3) is 2.49. The Hall–Kier alpha value is -2.01. The van der Waals surface area contributed by atoms with Gasteiger partial charge in [-0.25, -0.2) is 0 Å². The number of fused-ring (bicyclic) bond motifs is 1. The third-order valence-electron chi connectivity index (χ3n) is 3.91. The lowest BCUT2D eigenvalue weighted by Gasteiger charge is -2.30. The van der Waals surface area contributed by atoms with Gasteiger partial charge in [0.25, 0.3) is 5.91 Å². The molecule has 0 radical (unpaired) electrons. The third-order valence-corrected chi connectivity index (χ3v) is 3.91. The number of amides is 1. The van der Waals surface area contributed by atoms with E-state index < -0.39 is 0 Å². The first-order chi connectivity index (χ1) is 9.63. The molecular weight excluding hydrogens is 252 g/mol. The molecule has 1 unspecified atom stereocenters. The number of likely N-dealkylation sites (tertiary alicyclic amines) is 1. The summed E-state index contributed by atoms with van der Waals surface area (Å²) in [5.74, 6) is -0.0258. The quantitative estimate of drug-likeness (QED) is 0.727. The van der Waals surface area contributed by atoms with E-state index in [2.05, 4.69) is 22.2 Å². The molecule has 5 nitrogen and oxygen atoms in total. The van der Waals surface area contributed by atoms with Crippen molar-refractivity contribution >= 4 is 22.5 Å². The number of nitrogen functional groups attached to an aromatic ring is 1. The van der Waals surface area contributed by atoms with Gasteiger partial charge in [0.15, 0.2) is 0 Å². The number of anilines is 1. The van der Waals surface area contributed by atoms with E-state index in [1.165, 1.54) is 0 Å². The van der Waals surface area contributed by atoms with Crippen molar-refractivity contribution in [3.05, 3.63) is 30.0 Å². The van der Waals surface area contributed by atoms with Crippen LogP contribution in [0.4, 0.5) is 5.69 Å². The van der Waals surface area contributed by atoms with Gasteiger partial charge in [-0.1, -0.05) is 0 Å². The average Bonchev–Trinajstić information content (AvgIpc) is 2.81. The molecule has 1 aliphatic heterocycles. The van der Waals surface area contributed by atoms with Gasteiger partial charge < -0.3 is 20.9 Å². The largest absolute Gasteiger partial charge is 0.399 e. The van der Waals surface area contributed by atoms with Gasteiger partial charge in [-0.05, 0) is 44.6 Å². The molecule has 1 aromatic heterocycles. The predicted octanol–water partition coefficient (Wildman–Crippen LogP) is 1.57. The number of likely N-dealkylation sites (N-methyl/N-ethyl adjacent to an activating group) is 1. The fraction of sp³-hybridized carbons (Fsp3) is 0.400. The zero-order valence-corrected chi connectivity index (χ0v) is 11.6. The molecule has 1 saturated heterocycles. The number of nitrogens with zero attached hydrogens (tertiary/aromatic N) is 1. The van der Waals surface area contributed by atoms with Crippen molar-refractivity contribution in [1.82, 2.24) is 15.2 Å². The van der Waals surface area contributed by atoms with E-state index >= 15 is 0 Å². The number of carbonyl (C=O) groups excluding carboxylic acids is 1. The van der Waals surface area contributed by atoms with Crippen molar-refractivity contribution in [3.8, 4) is 0 Å². The van der Waals surface area contributed by atoms with Crippen molar-refractivity contribution < 1.29 is 4.79 Å². The minimum absolute atomic E-state index is 0.0258. The van der Waals surface area contributed by atoms with Gasteiger partial charge in [-0.15, -0.1) is 0 Å². The van der Waals surface area contributed by atoms with Crippen LogP contribution in [-0.4, -0.2) is 42.0 Å². The standard InChI is InChI=1S/C15H20N4O/c1-19-6-2-3-11(9-19)18-15(20)13-8-17-14-5-4-10(16)7-12(13)14/h4-5,7-8,11,17H,2-3,6,9,16H2,1H3,(H,18,20). The SMILES string of the molecule is CN1CCCC(NC(=O)c2c[nH]c3ccc(N)cc23)C1. The van der Waals surface area contributed by atoms with Crippen LogP contribution in [0.5, 0.6) is 0 Å². The van der Waals surface area contributed by atoms with Gasteiger partial charge in [-0.3, -0.25) is 4.79 Å². The van der Waals surface area contributed by atoms with Crippen LogP contribution in [0.1, 0.15) is 23.2 Å². The van der Waals surface area contributed by atoms with Crippen LogP contribution in [0.2, 0.25) is 0 Å². The number of nitrogens with two attached hydrogens (primary N) is 1. The fourth-order valence-electron chi connectivity index (χ4n) is 2.87. The number of piperidine rings is 1. The lowest BCUT2D eigenvalue weighted by molar-refractivity contribution is 0.0914. The van der Waals surface area contributed by atoms with Crippen LogP contribution in [0.15, 0.2) is 24.4 Å². The highest BCUT2D eigenvalue weighted by molar-refractivity contribution is 6.07. The number of benzene rings is 1. The van der Waals surface area contributed by atoms with Gasteiger partial charge >= 0.3 is 0 Å². The molecule has 1 fully saturated rings. The first kappa shape index (κ1) is 13.0. The Labute approximate surface area is 118 Å². The molecule has 0 bridgehead atoms. The molecule has 4 N–H and O–H groups in total. The predicted molar refractivity (Wildman–Crippen MR) is 80.7 cm³/mol. The number of nitrogens with one attached hydrogen (secondary N) is 2. The van der Waals surface area contributed by atoms with Crippen molar-refractivity contribution in [1.29, 1.82) is 0 Å². The molecule has 2 aromatic rings. The second-order valence-corrected chi connectivity index (χ2v) is 5.58. The van der Waals surface area contributed by atoms with Crippen LogP contribution >= 0.6 is 0 Å². The van der Waals surface area contributed by atoms with Gasteiger partial charge in [0, 0.05) is 35.4 Å². The van der Waals surface area contributed by atoms with Gasteiger partial charge in [-0.2, -0.15) is 0 Å². The van der Waals surface area contributed by atoms with Crippen LogP contribution in [0.25, 0.3) is 10.9 Å². The summed E-state index contributed by atoms with van der Waals surface area (Å²) >= 11 is 0. The van der Waals surface area contributed by atoms with E-state index in [0.717, 1.165) is 36.8 Å². The Bertz CT molecular complexity index is 634. The molecule has 1 atom stereocenters. The number of aromatic amines is 1. The number of hydrogen-bond acceptors (Lipinski definition) is 3. The van der Waals surface area contributed by atoms with Gasteiger partial charge in [0.1, 0.15) is 0 Å². The van der Waals surface area contributed by atoms with Crippen LogP contribution in [0.3, 0.4) is 0 Å². The maximum absolute atomic E-state index is 12.4. The van der Waals surface area contributed by atoms with Crippen LogP contribution in [-0.2, 0) is 0 Å². The topological polar surface area (TPSA) is 74.2 Å². The zero-order chi connectivity index (χ0) is 14.1. The van der Waals surface area contributed by atoms with E-state index in [4.69, 9.17) is 5.73 Å². The van der Waals surface area contributed by atoms with Crippen molar-refractivity contribution in [2.75, 3.05) is 25.9 Å². The van der Waals surface area contributed by atoms with E-state index in [0.29, 0.717) is 11.3 Å². The van der Waals surface area contributed by atoms with E-state index in [-0.39, 0.29) is 11.9 Å². The molecule has 106 valence electrons. The lowest BCUT2D eigenvalue weighted by Crippen LogP contribution is -2.46. The first-order valence-corrected chi connectivity index (χ1v) is 6.99. The lowest BCUT2D eigenvalue weighted by atomic mass is 10.1. The number of carbonyl (C=O) groups is 1. The molecule has 0 aliphatic carbocycles. The summed E-state index contributed by atoms with van der Waals surface area (Å²) in [6.45, 7) is 2.02. The Morgan fingerprint density at radius 3 is 3.15 bits per heavy atom. The average molecular weight is 272 g/mol. The molecule has 1 aromatic carbocycles. The van der Waals surface area contributed by atoms with Crippen molar-refractivity contribution in [3.63, 3.8) is 0 Å². The minimum Gasteiger partial charge on any atom is -0.399 e. The Balaban J connectivity index is 1.80. The van der Waals surface area contributed by atoms with Gasteiger partial charge in [0.05, 0.1) is 5.56 Å². The molecule has 20 heavy (non-hydrogen) atoms. The number of aromatic nitrogens is 1. The summed E-state index contributed by atoms with van der Waals surface area (Å²) in [6, 6.07) is 5.80. The van der Waals surface area contributed by atoms with Crippen LogP contribution < -0.4 is 11.1 Å². The summed E-state index contributed by atoms with van der Waals surface area (Å²) < 4.78 is 0.